The SMILES string of the molecule is CCCCCCCCCCCCCCCCCCCCCC(=O)O[C@H](COC(=O)CCCCCCCCC)CO[C@H]1O[C@H](CS(=O)(=O)O)[C@@H](O)C(O)C1O. The topological polar surface area (TPSA) is 186 Å². The van der Waals surface area contributed by atoms with Crippen LogP contribution in [0.3, 0.4) is 0 Å². The van der Waals surface area contributed by atoms with Gasteiger partial charge in [-0.25, -0.2) is 0 Å². The van der Waals surface area contributed by atoms with Crippen LogP contribution >= 0.6 is 0 Å². The zero-order valence-corrected chi connectivity index (χ0v) is 34.7. The highest BCUT2D eigenvalue weighted by Crippen LogP contribution is 2.24. The van der Waals surface area contributed by atoms with Gasteiger partial charge in [-0.3, -0.25) is 14.1 Å². The predicted octanol–water partition coefficient (Wildman–Crippen LogP) is 8.12. The Morgan fingerprint density at radius 1 is 0.556 bits per heavy atom. The summed E-state index contributed by atoms with van der Waals surface area (Å²) in [4.78, 5) is 25.2. The minimum atomic E-state index is -4.59. The van der Waals surface area contributed by atoms with Crippen LogP contribution in [0.2, 0.25) is 0 Å². The van der Waals surface area contributed by atoms with Crippen molar-refractivity contribution in [1.82, 2.24) is 0 Å². The fourth-order valence-corrected chi connectivity index (χ4v) is 7.49. The first kappa shape index (κ1) is 50.7. The van der Waals surface area contributed by atoms with Crippen LogP contribution in [-0.2, 0) is 38.7 Å². The van der Waals surface area contributed by atoms with E-state index in [2.05, 4.69) is 13.8 Å². The number of ether oxygens (including phenoxy) is 4. The molecule has 0 aromatic heterocycles. The van der Waals surface area contributed by atoms with Crippen LogP contribution in [0.25, 0.3) is 0 Å². The lowest BCUT2D eigenvalue weighted by atomic mass is 10.00. The molecule has 0 aromatic rings. The summed E-state index contributed by atoms with van der Waals surface area (Å²) in [6.45, 7) is 3.71. The molecule has 6 atom stereocenters. The molecule has 4 N–H and O–H groups in total. The minimum absolute atomic E-state index is 0.172. The Balaban J connectivity index is 2.37. The number of esters is 2. The van der Waals surface area contributed by atoms with Crippen molar-refractivity contribution in [2.24, 2.45) is 0 Å². The van der Waals surface area contributed by atoms with Gasteiger partial charge in [0.15, 0.2) is 12.4 Å². The van der Waals surface area contributed by atoms with Crippen LogP contribution in [0.4, 0.5) is 0 Å². The molecule has 320 valence electrons. The van der Waals surface area contributed by atoms with Gasteiger partial charge in [-0.05, 0) is 12.8 Å². The number of carbonyl (C=O) groups is 2. The molecule has 1 aliphatic rings. The fraction of sp³-hybridized carbons (Fsp3) is 0.951. The number of aliphatic hydroxyl groups is 3. The first-order valence-electron chi connectivity index (χ1n) is 21.6. The van der Waals surface area contributed by atoms with Gasteiger partial charge in [-0.1, -0.05) is 168 Å². The Bertz CT molecular complexity index is 1030. The van der Waals surface area contributed by atoms with Gasteiger partial charge in [0.25, 0.3) is 10.1 Å². The second kappa shape index (κ2) is 32.7. The maximum absolute atomic E-state index is 12.8. The lowest BCUT2D eigenvalue weighted by molar-refractivity contribution is -0.297. The molecule has 12 nitrogen and oxygen atoms in total. The Kier molecular flexibility index (Phi) is 30.7. The van der Waals surface area contributed by atoms with Gasteiger partial charge in [0.05, 0.1) is 6.61 Å². The summed E-state index contributed by atoms with van der Waals surface area (Å²) in [7, 11) is -4.59. The molecule has 54 heavy (non-hydrogen) atoms. The molecule has 0 amide bonds. The second-order valence-corrected chi connectivity index (χ2v) is 16.9. The van der Waals surface area contributed by atoms with E-state index < -0.39 is 71.2 Å². The van der Waals surface area contributed by atoms with Crippen LogP contribution in [-0.4, -0.2) is 96.0 Å². The van der Waals surface area contributed by atoms with Gasteiger partial charge in [0.1, 0.15) is 36.8 Å². The normalized spacial score (nSPS) is 20.9. The number of unbranched alkanes of at least 4 members (excludes halogenated alkanes) is 24. The van der Waals surface area contributed by atoms with Crippen molar-refractivity contribution in [2.75, 3.05) is 19.0 Å². The summed E-state index contributed by atoms with van der Waals surface area (Å²) in [5.74, 6) is -1.97. The Morgan fingerprint density at radius 2 is 0.944 bits per heavy atom. The van der Waals surface area contributed by atoms with E-state index in [1.807, 2.05) is 0 Å². The molecule has 1 heterocycles. The number of hydrogen-bond acceptors (Lipinski definition) is 11. The third-order valence-corrected chi connectivity index (χ3v) is 10.9. The van der Waals surface area contributed by atoms with E-state index in [4.69, 9.17) is 18.9 Å². The number of carbonyl (C=O) groups excluding carboxylic acids is 2. The number of rotatable bonds is 36. The van der Waals surface area contributed by atoms with Crippen LogP contribution in [0.1, 0.15) is 194 Å². The van der Waals surface area contributed by atoms with Crippen LogP contribution in [0, 0.1) is 0 Å². The number of aliphatic hydroxyl groups excluding tert-OH is 3. The maximum Gasteiger partial charge on any atom is 0.306 e. The Morgan fingerprint density at radius 3 is 1.35 bits per heavy atom. The molecule has 2 unspecified atom stereocenters. The molecule has 0 bridgehead atoms. The van der Waals surface area contributed by atoms with E-state index in [1.165, 1.54) is 116 Å². The fourth-order valence-electron chi connectivity index (χ4n) is 6.79. The molecule has 1 fully saturated rings. The summed E-state index contributed by atoms with van der Waals surface area (Å²) in [5.41, 5.74) is 0. The standard InChI is InChI=1S/C41H78O12S/c1-3-5-7-9-11-12-13-14-15-16-17-18-19-20-21-22-24-26-28-30-37(43)52-34(31-50-36(42)29-27-25-23-10-8-6-4-2)32-51-41-40(46)39(45)38(44)35(53-41)33-54(47,48)49/h34-35,38-41,44-46H,3-33H2,1-2H3,(H,47,48,49)/t34-,35-,38-,39?,40?,41+/m1/s1. The first-order chi connectivity index (χ1) is 26.0. The third-order valence-electron chi connectivity index (χ3n) is 10.2. The van der Waals surface area contributed by atoms with Gasteiger partial charge in [-0.15, -0.1) is 0 Å². The molecule has 0 radical (unpaired) electrons. The van der Waals surface area contributed by atoms with Crippen LogP contribution in [0.5, 0.6) is 0 Å². The molecule has 13 heteroatoms. The van der Waals surface area contributed by atoms with Crippen molar-refractivity contribution in [2.45, 2.75) is 230 Å². The summed E-state index contributed by atoms with van der Waals surface area (Å²) in [5, 5.41) is 30.7. The van der Waals surface area contributed by atoms with Crippen molar-refractivity contribution in [1.29, 1.82) is 0 Å². The van der Waals surface area contributed by atoms with Crippen molar-refractivity contribution in [3.05, 3.63) is 0 Å². The van der Waals surface area contributed by atoms with E-state index in [0.29, 0.717) is 12.8 Å². The summed E-state index contributed by atoms with van der Waals surface area (Å²) < 4.78 is 53.8. The lowest BCUT2D eigenvalue weighted by Gasteiger charge is -2.40. The summed E-state index contributed by atoms with van der Waals surface area (Å²) in [6.07, 6.45) is 21.9. The Hall–Kier alpha value is -1.35. The maximum atomic E-state index is 12.8. The highest BCUT2D eigenvalue weighted by molar-refractivity contribution is 7.85. The molecular weight excluding hydrogens is 717 g/mol. The van der Waals surface area contributed by atoms with Crippen molar-refractivity contribution in [3.8, 4) is 0 Å². The molecule has 1 saturated heterocycles. The summed E-state index contributed by atoms with van der Waals surface area (Å²) in [6, 6.07) is 0. The average molecular weight is 795 g/mol. The lowest BCUT2D eigenvalue weighted by Crippen LogP contribution is -2.60. The van der Waals surface area contributed by atoms with Crippen LogP contribution in [0.15, 0.2) is 0 Å². The van der Waals surface area contributed by atoms with E-state index in [-0.39, 0.29) is 19.4 Å². The second-order valence-electron chi connectivity index (χ2n) is 15.4. The van der Waals surface area contributed by atoms with Crippen molar-refractivity contribution < 1.29 is 56.8 Å². The monoisotopic (exact) mass is 795 g/mol. The largest absolute Gasteiger partial charge is 0.462 e. The average Bonchev–Trinajstić information content (AvgIpc) is 3.13. The highest BCUT2D eigenvalue weighted by atomic mass is 32.2. The molecule has 0 aliphatic carbocycles. The van der Waals surface area contributed by atoms with Crippen LogP contribution < -0.4 is 0 Å². The minimum Gasteiger partial charge on any atom is -0.462 e. The molecule has 1 aliphatic heterocycles. The highest BCUT2D eigenvalue weighted by Gasteiger charge is 2.46. The van der Waals surface area contributed by atoms with E-state index >= 15 is 0 Å². The Labute approximate surface area is 327 Å². The van der Waals surface area contributed by atoms with Crippen molar-refractivity contribution in [3.63, 3.8) is 0 Å². The van der Waals surface area contributed by atoms with Gasteiger partial charge in [-0.2, -0.15) is 8.42 Å². The molecule has 0 aromatic carbocycles. The summed E-state index contributed by atoms with van der Waals surface area (Å²) >= 11 is 0. The van der Waals surface area contributed by atoms with Gasteiger partial charge in [0, 0.05) is 12.8 Å². The van der Waals surface area contributed by atoms with E-state index in [0.717, 1.165) is 38.5 Å². The third kappa shape index (κ3) is 27.3. The van der Waals surface area contributed by atoms with Gasteiger partial charge >= 0.3 is 11.9 Å². The van der Waals surface area contributed by atoms with E-state index in [9.17, 15) is 37.9 Å². The zero-order valence-electron chi connectivity index (χ0n) is 33.8. The quantitative estimate of drug-likeness (QED) is 0.0272. The predicted molar refractivity (Wildman–Crippen MR) is 211 cm³/mol. The van der Waals surface area contributed by atoms with Crippen molar-refractivity contribution >= 4 is 22.1 Å². The first-order valence-corrected chi connectivity index (χ1v) is 23.2. The van der Waals surface area contributed by atoms with Gasteiger partial charge in [0.2, 0.25) is 0 Å². The zero-order chi connectivity index (χ0) is 39.9. The molecule has 0 spiro atoms. The van der Waals surface area contributed by atoms with Gasteiger partial charge < -0.3 is 34.3 Å². The molecule has 1 rings (SSSR count). The van der Waals surface area contributed by atoms with E-state index in [1.54, 1.807) is 0 Å². The number of hydrogen-bond donors (Lipinski definition) is 4. The smallest absolute Gasteiger partial charge is 0.306 e. The molecular formula is C41H78O12S. The molecule has 0 saturated carbocycles.